The summed E-state index contributed by atoms with van der Waals surface area (Å²) in [5.41, 5.74) is 0.294. The molecule has 1 heterocycles. The second-order valence-electron chi connectivity index (χ2n) is 3.72. The van der Waals surface area contributed by atoms with Gasteiger partial charge in [-0.15, -0.1) is 0 Å². The van der Waals surface area contributed by atoms with Crippen LogP contribution in [0.5, 0.6) is 0 Å². The highest BCUT2D eigenvalue weighted by molar-refractivity contribution is 4.64. The maximum Gasteiger partial charge on any atom is 0.219 e. The van der Waals surface area contributed by atoms with Gasteiger partial charge in [0.2, 0.25) is 6.20 Å². The van der Waals surface area contributed by atoms with Gasteiger partial charge in [0, 0.05) is 11.5 Å². The lowest BCUT2D eigenvalue weighted by Crippen LogP contribution is -2.37. The van der Waals surface area contributed by atoms with Crippen LogP contribution in [-0.4, -0.2) is 0 Å². The molecule has 0 aliphatic heterocycles. The molecular weight excluding hydrogens is 126 g/mol. The zero-order valence-electron chi connectivity index (χ0n) is 6.79. The van der Waals surface area contributed by atoms with Gasteiger partial charge in [-0.2, -0.15) is 0 Å². The molecule has 0 saturated heterocycles. The van der Waals surface area contributed by atoms with E-state index in [1.807, 2.05) is 17.0 Å². The Balaban J connectivity index is 2.57. The fourth-order valence-electron chi connectivity index (χ4n) is 0.837. The molecule has 0 saturated carbocycles. The minimum Gasteiger partial charge on any atom is -0.245 e. The zero-order valence-corrected chi connectivity index (χ0v) is 6.79. The van der Waals surface area contributed by atoms with Crippen LogP contribution in [0.15, 0.2) is 23.0 Å². The number of aromatic nitrogens is 1. The van der Waals surface area contributed by atoms with E-state index in [9.17, 15) is 0 Å². The molecule has 1 rings (SSSR count). The van der Waals surface area contributed by atoms with E-state index < -0.39 is 0 Å². The third-order valence-corrected chi connectivity index (χ3v) is 1.16. The quantitative estimate of drug-likeness (QED) is 0.542. The van der Waals surface area contributed by atoms with Crippen LogP contribution in [0.25, 0.3) is 0 Å². The van der Waals surface area contributed by atoms with Crippen molar-refractivity contribution in [2.24, 2.45) is 5.41 Å². The highest BCUT2D eigenvalue weighted by atomic mass is 16.5. The Kier molecular flexibility index (Phi) is 1.79. The van der Waals surface area contributed by atoms with Crippen molar-refractivity contribution >= 4 is 0 Å². The molecule has 0 radical (unpaired) electrons. The molecule has 1 aromatic rings. The Hall–Kier alpha value is -0.790. The van der Waals surface area contributed by atoms with E-state index in [1.165, 1.54) is 0 Å². The third kappa shape index (κ3) is 2.21. The molecule has 0 unspecified atom stereocenters. The van der Waals surface area contributed by atoms with Crippen LogP contribution in [0.1, 0.15) is 20.8 Å². The van der Waals surface area contributed by atoms with Gasteiger partial charge in [0.05, 0.1) is 0 Å². The smallest absolute Gasteiger partial charge is 0.219 e. The van der Waals surface area contributed by atoms with Crippen LogP contribution in [-0.2, 0) is 6.54 Å². The molecule has 0 atom stereocenters. The largest absolute Gasteiger partial charge is 0.245 e. The SMILES string of the molecule is CC(C)(C)C[n+]1ccco1. The third-order valence-electron chi connectivity index (χ3n) is 1.16. The molecular formula is C8H14NO+. The summed E-state index contributed by atoms with van der Waals surface area (Å²) in [6.07, 6.45) is 3.62. The Bertz CT molecular complexity index is 184. The summed E-state index contributed by atoms with van der Waals surface area (Å²) >= 11 is 0. The van der Waals surface area contributed by atoms with Crippen LogP contribution in [0.2, 0.25) is 0 Å². The van der Waals surface area contributed by atoms with Crippen LogP contribution in [0, 0.1) is 5.41 Å². The van der Waals surface area contributed by atoms with Gasteiger partial charge in [0.25, 0.3) is 0 Å². The molecule has 0 amide bonds. The molecule has 10 heavy (non-hydrogen) atoms. The number of nitrogens with zero attached hydrogens (tertiary/aromatic N) is 1. The van der Waals surface area contributed by atoms with E-state index in [1.54, 1.807) is 6.26 Å². The van der Waals surface area contributed by atoms with Crippen molar-refractivity contribution in [2.45, 2.75) is 27.3 Å². The molecule has 2 nitrogen and oxygen atoms in total. The van der Waals surface area contributed by atoms with Crippen LogP contribution in [0.4, 0.5) is 0 Å². The molecule has 0 aliphatic carbocycles. The van der Waals surface area contributed by atoms with Gasteiger partial charge >= 0.3 is 0 Å². The van der Waals surface area contributed by atoms with Crippen LogP contribution >= 0.6 is 0 Å². The van der Waals surface area contributed by atoms with Gasteiger partial charge in [-0.1, -0.05) is 20.8 Å². The summed E-state index contributed by atoms with van der Waals surface area (Å²) < 4.78 is 6.96. The molecule has 0 fully saturated rings. The second-order valence-corrected chi connectivity index (χ2v) is 3.72. The first-order valence-electron chi connectivity index (χ1n) is 3.51. The van der Waals surface area contributed by atoms with Gasteiger partial charge in [-0.3, -0.25) is 0 Å². The first-order valence-corrected chi connectivity index (χ1v) is 3.51. The Labute approximate surface area is 61.4 Å². The minimum absolute atomic E-state index is 0.294. The van der Waals surface area contributed by atoms with Crippen molar-refractivity contribution in [3.05, 3.63) is 18.5 Å². The minimum atomic E-state index is 0.294. The van der Waals surface area contributed by atoms with E-state index >= 15 is 0 Å². The van der Waals surface area contributed by atoms with Crippen molar-refractivity contribution in [1.82, 2.24) is 0 Å². The molecule has 0 spiro atoms. The van der Waals surface area contributed by atoms with Gasteiger partial charge in [0.15, 0.2) is 12.8 Å². The van der Waals surface area contributed by atoms with Gasteiger partial charge in [-0.25, -0.2) is 4.52 Å². The average molecular weight is 140 g/mol. The van der Waals surface area contributed by atoms with Gasteiger partial charge < -0.3 is 0 Å². The number of hydrogen-bond acceptors (Lipinski definition) is 1. The van der Waals surface area contributed by atoms with E-state index in [4.69, 9.17) is 4.52 Å². The molecule has 56 valence electrons. The highest BCUT2D eigenvalue weighted by Crippen LogP contribution is 2.11. The fourth-order valence-corrected chi connectivity index (χ4v) is 0.837. The van der Waals surface area contributed by atoms with E-state index in [2.05, 4.69) is 20.8 Å². The van der Waals surface area contributed by atoms with Gasteiger partial charge in [-0.05, 0) is 4.74 Å². The van der Waals surface area contributed by atoms with Crippen molar-refractivity contribution in [3.8, 4) is 0 Å². The standard InChI is InChI=1S/C8H14NO/c1-8(2,3)7-9-5-4-6-10-9/h4-6H,7H2,1-3H3/q+1. The summed E-state index contributed by atoms with van der Waals surface area (Å²) in [6.45, 7) is 7.48. The first-order chi connectivity index (χ1) is 4.58. The molecule has 2 heteroatoms. The van der Waals surface area contributed by atoms with Gasteiger partial charge in [0.1, 0.15) is 0 Å². The molecule has 0 N–H and O–H groups in total. The predicted octanol–water partition coefficient (Wildman–Crippen LogP) is 1.61. The normalized spacial score (nSPS) is 11.9. The number of rotatable bonds is 1. The van der Waals surface area contributed by atoms with Crippen LogP contribution in [0.3, 0.4) is 0 Å². The molecule has 1 aromatic heterocycles. The van der Waals surface area contributed by atoms with E-state index in [-0.39, 0.29) is 0 Å². The summed E-state index contributed by atoms with van der Waals surface area (Å²) in [5.74, 6) is 0. The topological polar surface area (TPSA) is 17.0 Å². The Morgan fingerprint density at radius 1 is 1.40 bits per heavy atom. The summed E-state index contributed by atoms with van der Waals surface area (Å²) in [7, 11) is 0. The van der Waals surface area contributed by atoms with Crippen LogP contribution < -0.4 is 4.74 Å². The Morgan fingerprint density at radius 2 is 2.10 bits per heavy atom. The van der Waals surface area contributed by atoms with E-state index in [0.29, 0.717) is 5.41 Å². The number of hydrogen-bond donors (Lipinski definition) is 0. The summed E-state index contributed by atoms with van der Waals surface area (Å²) in [6, 6.07) is 1.89. The molecule has 0 aliphatic rings. The fraction of sp³-hybridized carbons (Fsp3) is 0.625. The summed E-state index contributed by atoms with van der Waals surface area (Å²) in [4.78, 5) is 0. The Morgan fingerprint density at radius 3 is 2.50 bits per heavy atom. The maximum atomic E-state index is 5.13. The lowest BCUT2D eigenvalue weighted by atomic mass is 9.97. The summed E-state index contributed by atoms with van der Waals surface area (Å²) in [5, 5.41) is 0. The average Bonchev–Trinajstić information content (AvgIpc) is 2.12. The van der Waals surface area contributed by atoms with E-state index in [0.717, 1.165) is 6.54 Å². The van der Waals surface area contributed by atoms with Crippen molar-refractivity contribution in [2.75, 3.05) is 0 Å². The maximum absolute atomic E-state index is 5.13. The highest BCUT2D eigenvalue weighted by Gasteiger charge is 2.18. The first kappa shape index (κ1) is 7.32. The lowest BCUT2D eigenvalue weighted by molar-refractivity contribution is -0.871. The molecule has 0 bridgehead atoms. The zero-order chi connectivity index (χ0) is 7.61. The predicted molar refractivity (Wildman–Crippen MR) is 38.4 cm³/mol. The monoisotopic (exact) mass is 140 g/mol. The van der Waals surface area contributed by atoms with Crippen molar-refractivity contribution < 1.29 is 9.26 Å². The molecule has 0 aromatic carbocycles. The van der Waals surface area contributed by atoms with Crippen molar-refractivity contribution in [1.29, 1.82) is 0 Å². The second kappa shape index (κ2) is 2.45. The lowest BCUT2D eigenvalue weighted by Gasteiger charge is -2.09. The van der Waals surface area contributed by atoms with Crippen molar-refractivity contribution in [3.63, 3.8) is 0 Å².